The SMILES string of the molecule is CCCCCCCCOc1ccc(/C=N\NC(=O)[C@@H](CC)Oc2ccc3ccccc3c2Br)cc1. The molecule has 35 heavy (non-hydrogen) atoms. The maximum atomic E-state index is 12.6. The van der Waals surface area contributed by atoms with Gasteiger partial charge in [-0.25, -0.2) is 5.43 Å². The number of nitrogens with zero attached hydrogens (tertiary/aromatic N) is 1. The van der Waals surface area contributed by atoms with Crippen LogP contribution in [0.15, 0.2) is 70.2 Å². The number of ether oxygens (including phenoxy) is 2. The van der Waals surface area contributed by atoms with Crippen LogP contribution < -0.4 is 14.9 Å². The highest BCUT2D eigenvalue weighted by atomic mass is 79.9. The monoisotopic (exact) mass is 538 g/mol. The average molecular weight is 540 g/mol. The lowest BCUT2D eigenvalue weighted by Crippen LogP contribution is -2.35. The molecule has 0 aliphatic carbocycles. The van der Waals surface area contributed by atoms with Crippen LogP contribution in [0.3, 0.4) is 0 Å². The van der Waals surface area contributed by atoms with Crippen molar-refractivity contribution in [2.24, 2.45) is 5.10 Å². The van der Waals surface area contributed by atoms with Crippen molar-refractivity contribution in [1.29, 1.82) is 0 Å². The van der Waals surface area contributed by atoms with Crippen molar-refractivity contribution in [2.75, 3.05) is 6.61 Å². The zero-order valence-electron chi connectivity index (χ0n) is 20.6. The third kappa shape index (κ3) is 8.39. The molecule has 3 aromatic carbocycles. The van der Waals surface area contributed by atoms with E-state index >= 15 is 0 Å². The number of carbonyl (C=O) groups excluding carboxylic acids is 1. The zero-order chi connectivity index (χ0) is 24.9. The molecule has 0 saturated carbocycles. The number of unbranched alkanes of at least 4 members (excludes halogenated alkanes) is 5. The molecule has 0 fully saturated rings. The van der Waals surface area contributed by atoms with Gasteiger partial charge in [0.25, 0.3) is 5.91 Å². The number of halogens is 1. The summed E-state index contributed by atoms with van der Waals surface area (Å²) in [6, 6.07) is 19.6. The van der Waals surface area contributed by atoms with Gasteiger partial charge in [0, 0.05) is 0 Å². The summed E-state index contributed by atoms with van der Waals surface area (Å²) in [5.41, 5.74) is 3.47. The molecule has 186 valence electrons. The van der Waals surface area contributed by atoms with Crippen molar-refractivity contribution < 1.29 is 14.3 Å². The van der Waals surface area contributed by atoms with Gasteiger partial charge in [-0.15, -0.1) is 0 Å². The highest BCUT2D eigenvalue weighted by molar-refractivity contribution is 9.10. The molecule has 0 saturated heterocycles. The van der Waals surface area contributed by atoms with Gasteiger partial charge in [0.05, 0.1) is 17.3 Å². The molecule has 3 aromatic rings. The van der Waals surface area contributed by atoms with Gasteiger partial charge in [-0.3, -0.25) is 4.79 Å². The third-order valence-electron chi connectivity index (χ3n) is 5.80. The van der Waals surface area contributed by atoms with E-state index in [2.05, 4.69) is 33.4 Å². The van der Waals surface area contributed by atoms with Gasteiger partial charge in [0.15, 0.2) is 6.10 Å². The van der Waals surface area contributed by atoms with E-state index in [1.54, 1.807) is 6.21 Å². The highest BCUT2D eigenvalue weighted by Crippen LogP contribution is 2.33. The molecule has 1 N–H and O–H groups in total. The number of amides is 1. The van der Waals surface area contributed by atoms with Crippen molar-refractivity contribution in [3.63, 3.8) is 0 Å². The lowest BCUT2D eigenvalue weighted by atomic mass is 10.1. The predicted octanol–water partition coefficient (Wildman–Crippen LogP) is 7.65. The Labute approximate surface area is 217 Å². The maximum Gasteiger partial charge on any atom is 0.281 e. The van der Waals surface area contributed by atoms with Crippen LogP contribution in [-0.2, 0) is 4.79 Å². The van der Waals surface area contributed by atoms with Gasteiger partial charge < -0.3 is 9.47 Å². The Morgan fingerprint density at radius 1 is 0.971 bits per heavy atom. The summed E-state index contributed by atoms with van der Waals surface area (Å²) < 4.78 is 12.7. The summed E-state index contributed by atoms with van der Waals surface area (Å²) in [7, 11) is 0. The summed E-state index contributed by atoms with van der Waals surface area (Å²) in [5.74, 6) is 1.19. The molecule has 0 radical (unpaired) electrons. The first-order chi connectivity index (χ1) is 17.1. The number of carbonyl (C=O) groups is 1. The van der Waals surface area contributed by atoms with Crippen LogP contribution in [0.2, 0.25) is 0 Å². The summed E-state index contributed by atoms with van der Waals surface area (Å²) in [4.78, 5) is 12.6. The van der Waals surface area contributed by atoms with E-state index in [4.69, 9.17) is 9.47 Å². The van der Waals surface area contributed by atoms with Crippen molar-refractivity contribution in [3.8, 4) is 11.5 Å². The molecule has 6 heteroatoms. The number of nitrogens with one attached hydrogen (secondary N) is 1. The van der Waals surface area contributed by atoms with Crippen LogP contribution >= 0.6 is 15.9 Å². The Bertz CT molecular complexity index is 1100. The Balaban J connectivity index is 1.46. The fourth-order valence-electron chi connectivity index (χ4n) is 3.75. The van der Waals surface area contributed by atoms with Crippen LogP contribution in [0.1, 0.15) is 64.4 Å². The smallest absolute Gasteiger partial charge is 0.281 e. The van der Waals surface area contributed by atoms with E-state index in [0.29, 0.717) is 12.2 Å². The minimum atomic E-state index is -0.651. The Morgan fingerprint density at radius 3 is 2.49 bits per heavy atom. The quantitative estimate of drug-likeness (QED) is 0.130. The molecule has 1 atom stereocenters. The van der Waals surface area contributed by atoms with Gasteiger partial charge in [-0.05, 0) is 75.4 Å². The average Bonchev–Trinajstić information content (AvgIpc) is 2.89. The zero-order valence-corrected chi connectivity index (χ0v) is 22.2. The highest BCUT2D eigenvalue weighted by Gasteiger charge is 2.19. The molecular weight excluding hydrogens is 504 g/mol. The van der Waals surface area contributed by atoms with E-state index in [1.165, 1.54) is 32.1 Å². The van der Waals surface area contributed by atoms with Crippen molar-refractivity contribution in [1.82, 2.24) is 5.43 Å². The molecule has 1 amide bonds. The first-order valence-corrected chi connectivity index (χ1v) is 13.3. The number of rotatable bonds is 14. The second-order valence-electron chi connectivity index (χ2n) is 8.53. The summed E-state index contributed by atoms with van der Waals surface area (Å²) in [5, 5.41) is 6.25. The Hall–Kier alpha value is -2.86. The van der Waals surface area contributed by atoms with E-state index in [9.17, 15) is 4.79 Å². The molecule has 0 aliphatic rings. The lowest BCUT2D eigenvalue weighted by molar-refractivity contribution is -0.128. The standard InChI is InChI=1S/C29H35BrN2O3/c1-3-5-6-7-8-11-20-34-24-17-14-22(15-18-24)21-31-32-29(33)26(4-2)35-27-19-16-23-12-9-10-13-25(23)28(27)30/h9-10,12-19,21,26H,3-8,11,20H2,1-2H3,(H,32,33)/b31-21-/t26-/m1/s1. The van der Waals surface area contributed by atoms with Crippen molar-refractivity contribution in [2.45, 2.75) is 64.9 Å². The summed E-state index contributed by atoms with van der Waals surface area (Å²) in [6.45, 7) is 4.88. The normalized spacial score (nSPS) is 12.1. The van der Waals surface area contributed by atoms with Gasteiger partial charge in [-0.2, -0.15) is 5.10 Å². The number of fused-ring (bicyclic) bond motifs is 1. The van der Waals surface area contributed by atoms with E-state index in [1.807, 2.05) is 67.6 Å². The molecule has 0 aliphatic heterocycles. The lowest BCUT2D eigenvalue weighted by Gasteiger charge is -2.17. The number of hydrogen-bond donors (Lipinski definition) is 1. The van der Waals surface area contributed by atoms with Gasteiger partial charge in [0.1, 0.15) is 11.5 Å². The second-order valence-corrected chi connectivity index (χ2v) is 9.33. The van der Waals surface area contributed by atoms with Crippen molar-refractivity contribution in [3.05, 3.63) is 70.7 Å². The molecule has 5 nitrogen and oxygen atoms in total. The minimum Gasteiger partial charge on any atom is -0.494 e. The number of benzene rings is 3. The fourth-order valence-corrected chi connectivity index (χ4v) is 4.33. The van der Waals surface area contributed by atoms with Crippen LogP contribution in [0, 0.1) is 0 Å². The van der Waals surface area contributed by atoms with E-state index in [0.717, 1.165) is 39.6 Å². The van der Waals surface area contributed by atoms with Crippen LogP contribution in [0.5, 0.6) is 11.5 Å². The van der Waals surface area contributed by atoms with Gasteiger partial charge >= 0.3 is 0 Å². The number of hydrazone groups is 1. The first-order valence-electron chi connectivity index (χ1n) is 12.5. The van der Waals surface area contributed by atoms with Gasteiger partial charge in [-0.1, -0.05) is 76.3 Å². The molecule has 0 aromatic heterocycles. The van der Waals surface area contributed by atoms with Crippen molar-refractivity contribution >= 4 is 38.8 Å². The molecule has 0 heterocycles. The first kappa shape index (κ1) is 26.7. The van der Waals surface area contributed by atoms with E-state index in [-0.39, 0.29) is 5.91 Å². The molecule has 0 bridgehead atoms. The third-order valence-corrected chi connectivity index (χ3v) is 6.61. The largest absolute Gasteiger partial charge is 0.494 e. The van der Waals surface area contributed by atoms with Gasteiger partial charge in [0.2, 0.25) is 0 Å². The molecule has 0 unspecified atom stereocenters. The topological polar surface area (TPSA) is 59.9 Å². The predicted molar refractivity (Wildman–Crippen MR) is 147 cm³/mol. The fraction of sp³-hybridized carbons (Fsp3) is 0.379. The summed E-state index contributed by atoms with van der Waals surface area (Å²) >= 11 is 3.61. The second kappa shape index (κ2) is 14.5. The summed E-state index contributed by atoms with van der Waals surface area (Å²) in [6.07, 6.45) is 8.96. The van der Waals surface area contributed by atoms with Crippen LogP contribution in [0.4, 0.5) is 0 Å². The van der Waals surface area contributed by atoms with Crippen LogP contribution in [0.25, 0.3) is 10.8 Å². The molecule has 0 spiro atoms. The minimum absolute atomic E-state index is 0.289. The van der Waals surface area contributed by atoms with Crippen LogP contribution in [-0.4, -0.2) is 24.8 Å². The maximum absolute atomic E-state index is 12.6. The molecular formula is C29H35BrN2O3. The molecule has 3 rings (SSSR count). The number of hydrogen-bond acceptors (Lipinski definition) is 4. The Kier molecular flexibility index (Phi) is 11.1. The Morgan fingerprint density at radius 2 is 1.71 bits per heavy atom. The van der Waals surface area contributed by atoms with E-state index < -0.39 is 6.10 Å².